The molecule has 0 bridgehead atoms. The van der Waals surface area contributed by atoms with Crippen molar-refractivity contribution < 1.29 is 29.6 Å². The zero-order valence-corrected chi connectivity index (χ0v) is 21.2. The molecule has 196 valence electrons. The van der Waals surface area contributed by atoms with Crippen LogP contribution in [0, 0.1) is 0 Å². The predicted octanol–water partition coefficient (Wildman–Crippen LogP) is 3.26. The molecule has 0 saturated carbocycles. The van der Waals surface area contributed by atoms with E-state index in [4.69, 9.17) is 9.84 Å². The number of phenols is 2. The zero-order chi connectivity index (χ0) is 26.3. The van der Waals surface area contributed by atoms with Gasteiger partial charge in [-0.25, -0.2) is 0 Å². The van der Waals surface area contributed by atoms with Crippen LogP contribution in [-0.2, 0) is 4.74 Å². The highest BCUT2D eigenvalue weighted by molar-refractivity contribution is 6.33. The van der Waals surface area contributed by atoms with Crippen molar-refractivity contribution in [1.82, 2.24) is 5.32 Å². The quantitative estimate of drug-likeness (QED) is 0.154. The number of ether oxygens (including phenoxy) is 1. The molecule has 0 fully saturated rings. The number of aromatic hydroxyl groups is 2. The van der Waals surface area contributed by atoms with Crippen molar-refractivity contribution in [3.05, 3.63) is 46.5 Å². The van der Waals surface area contributed by atoms with Crippen molar-refractivity contribution in [1.29, 1.82) is 0 Å². The van der Waals surface area contributed by atoms with Crippen molar-refractivity contribution in [3.8, 4) is 11.5 Å². The van der Waals surface area contributed by atoms with Crippen LogP contribution in [0.2, 0.25) is 0 Å². The lowest BCUT2D eigenvalue weighted by Crippen LogP contribution is -2.27. The molecular weight excluding hydrogens is 462 g/mol. The van der Waals surface area contributed by atoms with Gasteiger partial charge in [-0.2, -0.15) is 0 Å². The number of carbonyl (C=O) groups excluding carboxylic acids is 2. The smallest absolute Gasteiger partial charge is 0.200 e. The minimum Gasteiger partial charge on any atom is -0.507 e. The maximum absolute atomic E-state index is 13.5. The van der Waals surface area contributed by atoms with Gasteiger partial charge in [0.2, 0.25) is 11.6 Å². The fraction of sp³-hybridized carbons (Fsp3) is 0.481. The van der Waals surface area contributed by atoms with Gasteiger partial charge in [0.15, 0.2) is 0 Å². The Kier molecular flexibility index (Phi) is 9.31. The average Bonchev–Trinajstić information content (AvgIpc) is 2.82. The van der Waals surface area contributed by atoms with Gasteiger partial charge >= 0.3 is 0 Å². The molecular formula is C27H37N3O6. The van der Waals surface area contributed by atoms with E-state index in [2.05, 4.69) is 16.0 Å². The Balaban J connectivity index is 1.81. The summed E-state index contributed by atoms with van der Waals surface area (Å²) in [5.74, 6) is -1.74. The van der Waals surface area contributed by atoms with Crippen LogP contribution in [0.15, 0.2) is 24.3 Å². The van der Waals surface area contributed by atoms with E-state index in [0.717, 1.165) is 19.3 Å². The predicted molar refractivity (Wildman–Crippen MR) is 140 cm³/mol. The summed E-state index contributed by atoms with van der Waals surface area (Å²) in [6.07, 6.45) is 2.71. The number of hydrogen-bond donors (Lipinski definition) is 6. The van der Waals surface area contributed by atoms with E-state index in [9.17, 15) is 19.8 Å². The molecule has 36 heavy (non-hydrogen) atoms. The lowest BCUT2D eigenvalue weighted by Gasteiger charge is -2.25. The molecule has 3 rings (SSSR count). The van der Waals surface area contributed by atoms with Crippen LogP contribution in [0.1, 0.15) is 71.9 Å². The van der Waals surface area contributed by atoms with Crippen LogP contribution in [-0.4, -0.2) is 71.9 Å². The molecule has 9 heteroatoms. The average molecular weight is 500 g/mol. The summed E-state index contributed by atoms with van der Waals surface area (Å²) in [6, 6.07) is 5.91. The highest BCUT2D eigenvalue weighted by Gasteiger charge is 2.37. The summed E-state index contributed by atoms with van der Waals surface area (Å²) in [6.45, 7) is 8.81. The number of benzene rings is 2. The van der Waals surface area contributed by atoms with Gasteiger partial charge in [-0.3, -0.25) is 9.59 Å². The normalized spacial score (nSPS) is 12.9. The van der Waals surface area contributed by atoms with Gasteiger partial charge in [0.05, 0.1) is 34.5 Å². The number of unbranched alkanes of at least 4 members (excludes halogenated alkanes) is 2. The van der Waals surface area contributed by atoms with Crippen molar-refractivity contribution >= 4 is 22.9 Å². The summed E-state index contributed by atoms with van der Waals surface area (Å²) in [5.41, 5.74) is 0.781. The molecule has 2 aromatic carbocycles. The Bertz CT molecular complexity index is 1090. The molecule has 0 saturated heterocycles. The van der Waals surface area contributed by atoms with E-state index in [1.54, 1.807) is 12.1 Å². The number of ketones is 2. The van der Waals surface area contributed by atoms with Gasteiger partial charge in [-0.15, -0.1) is 0 Å². The van der Waals surface area contributed by atoms with Crippen LogP contribution in [0.25, 0.3) is 0 Å². The minimum absolute atomic E-state index is 0.0198. The molecule has 1 aliphatic rings. The third-order valence-corrected chi connectivity index (χ3v) is 5.85. The SMILES string of the molecule is CC(C)(C)OCCCCCNc1ccc(NCCNCCO)c2c1C(=O)c1c(O)ccc(O)c1C2=O. The monoisotopic (exact) mass is 499 g/mol. The molecule has 2 aromatic rings. The number of aliphatic hydroxyl groups is 1. The van der Waals surface area contributed by atoms with Crippen LogP contribution in [0.5, 0.6) is 11.5 Å². The molecule has 0 spiro atoms. The first-order valence-electron chi connectivity index (χ1n) is 12.4. The molecule has 0 radical (unpaired) electrons. The maximum Gasteiger partial charge on any atom is 0.200 e. The Morgan fingerprint density at radius 1 is 0.722 bits per heavy atom. The molecule has 0 amide bonds. The fourth-order valence-electron chi connectivity index (χ4n) is 4.15. The fourth-order valence-corrected chi connectivity index (χ4v) is 4.15. The minimum atomic E-state index is -0.526. The van der Waals surface area contributed by atoms with Gasteiger partial charge in [-0.05, 0) is 64.3 Å². The standard InChI is InChI=1S/C27H37N3O6/c1-27(2,3)36-16-6-4-5-11-29-17-7-8-18(30-13-12-28-14-15-31)22-21(17)25(34)23-19(32)9-10-20(33)24(23)26(22)35/h7-10,28-33H,4-6,11-16H2,1-3H3. The number of anilines is 2. The number of rotatable bonds is 13. The second-order valence-electron chi connectivity index (χ2n) is 9.77. The molecule has 9 nitrogen and oxygen atoms in total. The molecule has 0 unspecified atom stereocenters. The first-order valence-corrected chi connectivity index (χ1v) is 12.4. The summed E-state index contributed by atoms with van der Waals surface area (Å²) in [7, 11) is 0. The van der Waals surface area contributed by atoms with Crippen molar-refractivity contribution in [2.75, 3.05) is 50.0 Å². The molecule has 0 atom stereocenters. The van der Waals surface area contributed by atoms with E-state index in [0.29, 0.717) is 44.2 Å². The number of nitrogens with one attached hydrogen (secondary N) is 3. The molecule has 0 heterocycles. The van der Waals surface area contributed by atoms with Crippen LogP contribution in [0.3, 0.4) is 0 Å². The highest BCUT2D eigenvalue weighted by atomic mass is 16.5. The Hall–Kier alpha value is -3.14. The lowest BCUT2D eigenvalue weighted by atomic mass is 9.81. The number of aliphatic hydroxyl groups excluding tert-OH is 1. The van der Waals surface area contributed by atoms with E-state index >= 15 is 0 Å². The molecule has 6 N–H and O–H groups in total. The van der Waals surface area contributed by atoms with Crippen molar-refractivity contribution in [2.24, 2.45) is 0 Å². The van der Waals surface area contributed by atoms with Gasteiger partial charge in [0.25, 0.3) is 0 Å². The van der Waals surface area contributed by atoms with E-state index in [-0.39, 0.29) is 46.0 Å². The van der Waals surface area contributed by atoms with Crippen molar-refractivity contribution in [2.45, 2.75) is 45.6 Å². The Morgan fingerprint density at radius 2 is 1.28 bits per heavy atom. The van der Waals surface area contributed by atoms with Gasteiger partial charge in [-0.1, -0.05) is 0 Å². The summed E-state index contributed by atoms with van der Waals surface area (Å²) >= 11 is 0. The van der Waals surface area contributed by atoms with E-state index in [1.807, 2.05) is 20.8 Å². The first-order chi connectivity index (χ1) is 17.2. The van der Waals surface area contributed by atoms with Crippen LogP contribution < -0.4 is 16.0 Å². The topological polar surface area (TPSA) is 140 Å². The second-order valence-corrected chi connectivity index (χ2v) is 9.77. The maximum atomic E-state index is 13.5. The number of phenolic OH excluding ortho intramolecular Hbond substituents is 2. The summed E-state index contributed by atoms with van der Waals surface area (Å²) < 4.78 is 5.75. The third-order valence-electron chi connectivity index (χ3n) is 5.85. The van der Waals surface area contributed by atoms with Crippen molar-refractivity contribution in [3.63, 3.8) is 0 Å². The number of carbonyl (C=O) groups is 2. The Morgan fingerprint density at radius 3 is 1.81 bits per heavy atom. The first kappa shape index (κ1) is 27.4. The Labute approximate surface area is 211 Å². The molecule has 0 aromatic heterocycles. The van der Waals surface area contributed by atoms with Crippen LogP contribution in [0.4, 0.5) is 11.4 Å². The van der Waals surface area contributed by atoms with E-state index < -0.39 is 11.6 Å². The van der Waals surface area contributed by atoms with Gasteiger partial charge < -0.3 is 36.0 Å². The van der Waals surface area contributed by atoms with Gasteiger partial charge in [0.1, 0.15) is 11.5 Å². The third kappa shape index (κ3) is 6.54. The number of fused-ring (bicyclic) bond motifs is 2. The highest BCUT2D eigenvalue weighted by Crippen LogP contribution is 2.42. The van der Waals surface area contributed by atoms with Crippen LogP contribution >= 0.6 is 0 Å². The lowest BCUT2D eigenvalue weighted by molar-refractivity contribution is -0.00463. The molecule has 1 aliphatic carbocycles. The summed E-state index contributed by atoms with van der Waals surface area (Å²) in [4.78, 5) is 27.0. The largest absolute Gasteiger partial charge is 0.507 e. The van der Waals surface area contributed by atoms with Gasteiger partial charge in [0, 0.05) is 44.2 Å². The second kappa shape index (κ2) is 12.2. The molecule has 0 aliphatic heterocycles. The van der Waals surface area contributed by atoms with E-state index in [1.165, 1.54) is 12.1 Å². The summed E-state index contributed by atoms with van der Waals surface area (Å²) in [5, 5.41) is 39.1. The number of hydrogen-bond acceptors (Lipinski definition) is 9. The zero-order valence-electron chi connectivity index (χ0n) is 21.2.